The highest BCUT2D eigenvalue weighted by Crippen LogP contribution is 2.39. The first-order valence-corrected chi connectivity index (χ1v) is 9.12. The molecule has 0 amide bonds. The van der Waals surface area contributed by atoms with Crippen LogP contribution in [0.1, 0.15) is 5.56 Å². The second-order valence-corrected chi connectivity index (χ2v) is 6.63. The highest BCUT2D eigenvalue weighted by Gasteiger charge is 2.19. The van der Waals surface area contributed by atoms with Crippen molar-refractivity contribution in [2.75, 3.05) is 5.32 Å². The summed E-state index contributed by atoms with van der Waals surface area (Å²) in [4.78, 5) is 8.97. The Bertz CT molecular complexity index is 1280. The van der Waals surface area contributed by atoms with E-state index in [9.17, 15) is 5.11 Å². The lowest BCUT2D eigenvalue weighted by Crippen LogP contribution is -2.03. The summed E-state index contributed by atoms with van der Waals surface area (Å²) in [7, 11) is 0. The van der Waals surface area contributed by atoms with E-state index in [1.165, 1.54) is 5.56 Å². The van der Waals surface area contributed by atoms with Gasteiger partial charge in [-0.3, -0.25) is 9.38 Å². The SMILES string of the molecule is Oc1ccc2ccccc2c1-c1nc2cnccn2c1NCc1ccccc1. The molecular weight excluding hydrogens is 348 g/mol. The standard InChI is InChI=1S/C23H18N4O/c28-19-11-10-17-8-4-5-9-18(17)21(19)22-23(25-14-16-6-2-1-3-7-16)27-13-12-24-15-20(27)26-22/h1-13,15,25,28H,14H2. The lowest BCUT2D eigenvalue weighted by atomic mass is 10.0. The fraction of sp³-hybridized carbons (Fsp3) is 0.0435. The van der Waals surface area contributed by atoms with Crippen molar-refractivity contribution in [3.05, 3.63) is 90.9 Å². The van der Waals surface area contributed by atoms with Gasteiger partial charge in [-0.05, 0) is 22.4 Å². The van der Waals surface area contributed by atoms with Gasteiger partial charge in [0.15, 0.2) is 5.65 Å². The summed E-state index contributed by atoms with van der Waals surface area (Å²) in [6, 6.07) is 21.8. The monoisotopic (exact) mass is 366 g/mol. The van der Waals surface area contributed by atoms with Crippen molar-refractivity contribution in [3.63, 3.8) is 0 Å². The van der Waals surface area contributed by atoms with Crippen LogP contribution in [0.3, 0.4) is 0 Å². The van der Waals surface area contributed by atoms with Gasteiger partial charge in [-0.25, -0.2) is 4.98 Å². The van der Waals surface area contributed by atoms with Gasteiger partial charge < -0.3 is 10.4 Å². The molecule has 0 saturated heterocycles. The average molecular weight is 366 g/mol. The Balaban J connectivity index is 1.71. The zero-order valence-electron chi connectivity index (χ0n) is 15.1. The summed E-state index contributed by atoms with van der Waals surface area (Å²) < 4.78 is 1.96. The molecule has 5 nitrogen and oxygen atoms in total. The van der Waals surface area contributed by atoms with Crippen LogP contribution in [0.5, 0.6) is 5.75 Å². The lowest BCUT2D eigenvalue weighted by molar-refractivity contribution is 0.478. The van der Waals surface area contributed by atoms with Crippen LogP contribution in [0.15, 0.2) is 85.3 Å². The molecule has 0 radical (unpaired) electrons. The minimum atomic E-state index is 0.206. The fourth-order valence-electron chi connectivity index (χ4n) is 3.54. The van der Waals surface area contributed by atoms with Gasteiger partial charge >= 0.3 is 0 Å². The molecule has 0 aliphatic carbocycles. The van der Waals surface area contributed by atoms with E-state index in [1.54, 1.807) is 18.5 Å². The van der Waals surface area contributed by atoms with Crippen molar-refractivity contribution in [2.45, 2.75) is 6.54 Å². The number of rotatable bonds is 4. The van der Waals surface area contributed by atoms with Gasteiger partial charge in [-0.15, -0.1) is 0 Å². The van der Waals surface area contributed by atoms with Crippen molar-refractivity contribution in [3.8, 4) is 17.0 Å². The first-order valence-electron chi connectivity index (χ1n) is 9.12. The second kappa shape index (κ2) is 6.70. The number of nitrogens with one attached hydrogen (secondary N) is 1. The van der Waals surface area contributed by atoms with Crippen LogP contribution >= 0.6 is 0 Å². The first kappa shape index (κ1) is 16.3. The topological polar surface area (TPSA) is 62.5 Å². The molecular formula is C23H18N4O. The summed E-state index contributed by atoms with van der Waals surface area (Å²) in [5, 5.41) is 16.2. The van der Waals surface area contributed by atoms with E-state index in [-0.39, 0.29) is 5.75 Å². The molecule has 0 bridgehead atoms. The Kier molecular flexibility index (Phi) is 3.91. The molecule has 28 heavy (non-hydrogen) atoms. The Morgan fingerprint density at radius 1 is 0.929 bits per heavy atom. The normalized spacial score (nSPS) is 11.1. The van der Waals surface area contributed by atoms with E-state index in [1.807, 2.05) is 59.1 Å². The molecule has 5 heteroatoms. The van der Waals surface area contributed by atoms with Gasteiger partial charge in [0.1, 0.15) is 17.3 Å². The second-order valence-electron chi connectivity index (χ2n) is 6.63. The van der Waals surface area contributed by atoms with Crippen LogP contribution in [0.2, 0.25) is 0 Å². The molecule has 2 aromatic heterocycles. The predicted molar refractivity (Wildman–Crippen MR) is 111 cm³/mol. The quantitative estimate of drug-likeness (QED) is 0.476. The largest absolute Gasteiger partial charge is 0.507 e. The van der Waals surface area contributed by atoms with Crippen molar-refractivity contribution < 1.29 is 5.11 Å². The summed E-state index contributed by atoms with van der Waals surface area (Å²) in [6.45, 7) is 0.648. The van der Waals surface area contributed by atoms with Crippen LogP contribution < -0.4 is 5.32 Å². The highest BCUT2D eigenvalue weighted by atomic mass is 16.3. The molecule has 2 heterocycles. The van der Waals surface area contributed by atoms with Gasteiger partial charge in [0, 0.05) is 18.9 Å². The molecule has 136 valence electrons. The number of hydrogen-bond acceptors (Lipinski definition) is 4. The van der Waals surface area contributed by atoms with E-state index >= 15 is 0 Å². The Labute approximate surface area is 161 Å². The Hall–Kier alpha value is -3.86. The van der Waals surface area contributed by atoms with Crippen LogP contribution in [0.4, 0.5) is 5.82 Å². The smallest absolute Gasteiger partial charge is 0.157 e. The minimum Gasteiger partial charge on any atom is -0.507 e. The van der Waals surface area contributed by atoms with Crippen molar-refractivity contribution in [1.82, 2.24) is 14.4 Å². The number of nitrogens with zero attached hydrogens (tertiary/aromatic N) is 3. The van der Waals surface area contributed by atoms with E-state index < -0.39 is 0 Å². The Morgan fingerprint density at radius 2 is 1.75 bits per heavy atom. The summed E-state index contributed by atoms with van der Waals surface area (Å²) >= 11 is 0. The molecule has 2 N–H and O–H groups in total. The molecule has 0 fully saturated rings. The third kappa shape index (κ3) is 2.74. The highest BCUT2D eigenvalue weighted by molar-refractivity contribution is 6.01. The van der Waals surface area contributed by atoms with Crippen molar-refractivity contribution >= 4 is 22.2 Å². The molecule has 5 aromatic rings. The third-order valence-electron chi connectivity index (χ3n) is 4.88. The van der Waals surface area contributed by atoms with Crippen LogP contribution in [0.25, 0.3) is 27.7 Å². The van der Waals surface area contributed by atoms with E-state index in [4.69, 9.17) is 4.98 Å². The first-order chi connectivity index (χ1) is 13.8. The number of benzene rings is 3. The number of phenols is 1. The number of imidazole rings is 1. The molecule has 0 aliphatic heterocycles. The molecule has 3 aromatic carbocycles. The predicted octanol–water partition coefficient (Wildman–Crippen LogP) is 4.87. The number of anilines is 1. The number of hydrogen-bond donors (Lipinski definition) is 2. The molecule has 0 aliphatic rings. The van der Waals surface area contributed by atoms with Gasteiger partial charge in [-0.2, -0.15) is 0 Å². The average Bonchev–Trinajstić information content (AvgIpc) is 3.11. The molecule has 0 atom stereocenters. The van der Waals surface area contributed by atoms with Crippen LogP contribution in [-0.2, 0) is 6.54 Å². The van der Waals surface area contributed by atoms with Gasteiger partial charge in [0.2, 0.25) is 0 Å². The zero-order valence-corrected chi connectivity index (χ0v) is 15.1. The van der Waals surface area contributed by atoms with Gasteiger partial charge in [-0.1, -0.05) is 60.7 Å². The Morgan fingerprint density at radius 3 is 2.64 bits per heavy atom. The third-order valence-corrected chi connectivity index (χ3v) is 4.88. The minimum absolute atomic E-state index is 0.206. The van der Waals surface area contributed by atoms with Crippen LogP contribution in [-0.4, -0.2) is 19.5 Å². The summed E-state index contributed by atoms with van der Waals surface area (Å²) in [6.07, 6.45) is 5.33. The summed E-state index contributed by atoms with van der Waals surface area (Å²) in [5.74, 6) is 1.03. The molecule has 0 saturated carbocycles. The molecule has 0 spiro atoms. The number of phenolic OH excluding ortho intramolecular Hbond substituents is 1. The fourth-order valence-corrected chi connectivity index (χ4v) is 3.54. The van der Waals surface area contributed by atoms with E-state index in [0.29, 0.717) is 12.2 Å². The van der Waals surface area contributed by atoms with Gasteiger partial charge in [0.05, 0.1) is 11.8 Å². The van der Waals surface area contributed by atoms with E-state index in [0.717, 1.165) is 27.8 Å². The molecule has 0 unspecified atom stereocenters. The van der Waals surface area contributed by atoms with Crippen molar-refractivity contribution in [1.29, 1.82) is 0 Å². The maximum Gasteiger partial charge on any atom is 0.157 e. The van der Waals surface area contributed by atoms with Crippen LogP contribution in [0, 0.1) is 0 Å². The lowest BCUT2D eigenvalue weighted by Gasteiger charge is -2.12. The molecule has 5 rings (SSSR count). The van der Waals surface area contributed by atoms with E-state index in [2.05, 4.69) is 22.4 Å². The number of aromatic hydroxyl groups is 1. The summed E-state index contributed by atoms with van der Waals surface area (Å²) in [5.41, 5.74) is 3.32. The maximum absolute atomic E-state index is 10.7. The zero-order chi connectivity index (χ0) is 18.9. The maximum atomic E-state index is 10.7. The number of aromatic nitrogens is 3. The van der Waals surface area contributed by atoms with Crippen molar-refractivity contribution in [2.24, 2.45) is 0 Å². The van der Waals surface area contributed by atoms with Gasteiger partial charge in [0.25, 0.3) is 0 Å². The number of fused-ring (bicyclic) bond motifs is 2.